The molecule has 166 valence electrons. The Hall–Kier alpha value is -4.16. The molecule has 0 radical (unpaired) electrons. The average molecular weight is 511 g/mol. The second-order valence-electron chi connectivity index (χ2n) is 7.45. The van der Waals surface area contributed by atoms with Crippen LogP contribution in [0.1, 0.15) is 10.4 Å². The Morgan fingerprint density at radius 2 is 1.62 bits per heavy atom. The molecule has 0 fully saturated rings. The van der Waals surface area contributed by atoms with E-state index in [1.54, 1.807) is 18.3 Å². The molecule has 1 amide bonds. The summed E-state index contributed by atoms with van der Waals surface area (Å²) in [7, 11) is 0. The van der Waals surface area contributed by atoms with Gasteiger partial charge in [-0.25, -0.2) is 4.98 Å². The van der Waals surface area contributed by atoms with Crippen LogP contribution in [0.4, 0.5) is 5.69 Å². The summed E-state index contributed by atoms with van der Waals surface area (Å²) < 4.78 is 12.9. The van der Waals surface area contributed by atoms with Crippen LogP contribution in [0.2, 0.25) is 0 Å². The molecule has 5 rings (SSSR count). The molecular weight excluding hydrogens is 492 g/mol. The van der Waals surface area contributed by atoms with Gasteiger partial charge in [0.05, 0.1) is 17.4 Å². The molecule has 6 heteroatoms. The summed E-state index contributed by atoms with van der Waals surface area (Å²) in [6.45, 7) is 0. The van der Waals surface area contributed by atoms with Crippen LogP contribution < -0.4 is 10.1 Å². The summed E-state index contributed by atoms with van der Waals surface area (Å²) in [4.78, 5) is 17.7. The number of rotatable bonds is 6. The molecule has 0 aliphatic rings. The third-order valence-corrected chi connectivity index (χ3v) is 5.62. The van der Waals surface area contributed by atoms with E-state index in [-0.39, 0.29) is 5.91 Å². The standard InChI is InChI=1S/C28H19BrN2O3/c29-20-10-8-9-19(17-20)26-18-30-28(34-26)23-14-5-4-13-22(23)27(32)31-24-15-6-7-16-25(24)33-21-11-2-1-3-12-21/h1-18H,(H,31,32). The van der Waals surface area contributed by atoms with E-state index in [4.69, 9.17) is 9.15 Å². The van der Waals surface area contributed by atoms with Crippen LogP contribution >= 0.6 is 15.9 Å². The van der Waals surface area contributed by atoms with Gasteiger partial charge in [-0.3, -0.25) is 4.79 Å². The maximum Gasteiger partial charge on any atom is 0.256 e. The highest BCUT2D eigenvalue weighted by Crippen LogP contribution is 2.32. The summed E-state index contributed by atoms with van der Waals surface area (Å²) in [5.41, 5.74) is 2.50. The lowest BCUT2D eigenvalue weighted by atomic mass is 10.1. The number of benzene rings is 4. The highest BCUT2D eigenvalue weighted by Gasteiger charge is 2.18. The quantitative estimate of drug-likeness (QED) is 0.253. The van der Waals surface area contributed by atoms with Crippen molar-refractivity contribution in [2.45, 2.75) is 0 Å². The summed E-state index contributed by atoms with van der Waals surface area (Å²) in [6.07, 6.45) is 1.66. The van der Waals surface area contributed by atoms with Crippen molar-refractivity contribution in [1.82, 2.24) is 4.98 Å². The molecule has 0 bridgehead atoms. The second-order valence-corrected chi connectivity index (χ2v) is 8.37. The molecular formula is C28H19BrN2O3. The number of amides is 1. The van der Waals surface area contributed by atoms with Gasteiger partial charge in [-0.15, -0.1) is 0 Å². The van der Waals surface area contributed by atoms with E-state index in [1.165, 1.54) is 0 Å². The van der Waals surface area contributed by atoms with Crippen LogP contribution in [0, 0.1) is 0 Å². The van der Waals surface area contributed by atoms with Crippen LogP contribution in [0.15, 0.2) is 118 Å². The maximum absolute atomic E-state index is 13.3. The van der Waals surface area contributed by atoms with Crippen LogP contribution in [-0.4, -0.2) is 10.9 Å². The van der Waals surface area contributed by atoms with Gasteiger partial charge in [-0.1, -0.05) is 70.5 Å². The Morgan fingerprint density at radius 1 is 0.853 bits per heavy atom. The fourth-order valence-electron chi connectivity index (χ4n) is 3.51. The molecule has 1 N–H and O–H groups in total. The fraction of sp³-hybridized carbons (Fsp3) is 0. The van der Waals surface area contributed by atoms with E-state index in [0.717, 1.165) is 10.0 Å². The number of hydrogen-bond acceptors (Lipinski definition) is 4. The maximum atomic E-state index is 13.3. The minimum absolute atomic E-state index is 0.290. The first-order valence-electron chi connectivity index (χ1n) is 10.6. The smallest absolute Gasteiger partial charge is 0.256 e. The van der Waals surface area contributed by atoms with Crippen molar-refractivity contribution in [3.8, 4) is 34.3 Å². The first-order chi connectivity index (χ1) is 16.7. The van der Waals surface area contributed by atoms with Crippen LogP contribution in [0.5, 0.6) is 11.5 Å². The van der Waals surface area contributed by atoms with Crippen molar-refractivity contribution in [2.24, 2.45) is 0 Å². The van der Waals surface area contributed by atoms with E-state index in [9.17, 15) is 4.79 Å². The Bertz CT molecular complexity index is 1450. The zero-order valence-electron chi connectivity index (χ0n) is 17.9. The minimum atomic E-state index is -0.290. The van der Waals surface area contributed by atoms with Crippen molar-refractivity contribution >= 4 is 27.5 Å². The normalized spacial score (nSPS) is 10.6. The molecule has 5 nitrogen and oxygen atoms in total. The minimum Gasteiger partial charge on any atom is -0.455 e. The number of carbonyl (C=O) groups is 1. The number of carbonyl (C=O) groups excluding carboxylic acids is 1. The van der Waals surface area contributed by atoms with Gasteiger partial charge in [0.25, 0.3) is 5.91 Å². The van der Waals surface area contributed by atoms with Crippen molar-refractivity contribution in [2.75, 3.05) is 5.32 Å². The molecule has 0 saturated carbocycles. The van der Waals surface area contributed by atoms with E-state index >= 15 is 0 Å². The highest BCUT2D eigenvalue weighted by atomic mass is 79.9. The Balaban J connectivity index is 1.42. The number of oxazole rings is 1. The third kappa shape index (κ3) is 4.77. The predicted octanol–water partition coefficient (Wildman–Crippen LogP) is 7.82. The SMILES string of the molecule is O=C(Nc1ccccc1Oc1ccccc1)c1ccccc1-c1ncc(-c2cccc(Br)c2)o1. The molecule has 0 saturated heterocycles. The summed E-state index contributed by atoms with van der Waals surface area (Å²) in [6, 6.07) is 31.7. The van der Waals surface area contributed by atoms with Crippen LogP contribution in [0.3, 0.4) is 0 Å². The van der Waals surface area contributed by atoms with Gasteiger partial charge in [0.1, 0.15) is 5.75 Å². The van der Waals surface area contributed by atoms with Crippen LogP contribution in [0.25, 0.3) is 22.8 Å². The van der Waals surface area contributed by atoms with E-state index in [0.29, 0.717) is 40.0 Å². The van der Waals surface area contributed by atoms with Gasteiger partial charge >= 0.3 is 0 Å². The number of aromatic nitrogens is 1. The van der Waals surface area contributed by atoms with Crippen molar-refractivity contribution < 1.29 is 13.9 Å². The van der Waals surface area contributed by atoms with Crippen molar-refractivity contribution in [1.29, 1.82) is 0 Å². The predicted molar refractivity (Wildman–Crippen MR) is 136 cm³/mol. The zero-order chi connectivity index (χ0) is 23.3. The molecule has 0 spiro atoms. The molecule has 0 unspecified atom stereocenters. The van der Waals surface area contributed by atoms with E-state index < -0.39 is 0 Å². The first kappa shape index (κ1) is 21.7. The average Bonchev–Trinajstić information content (AvgIpc) is 3.36. The van der Waals surface area contributed by atoms with Crippen LogP contribution in [-0.2, 0) is 0 Å². The van der Waals surface area contributed by atoms with Gasteiger partial charge in [0, 0.05) is 15.6 Å². The summed E-state index contributed by atoms with van der Waals surface area (Å²) in [5.74, 6) is 1.93. The Morgan fingerprint density at radius 3 is 2.47 bits per heavy atom. The fourth-order valence-corrected chi connectivity index (χ4v) is 3.90. The molecule has 0 atom stereocenters. The van der Waals surface area contributed by atoms with E-state index in [2.05, 4.69) is 26.2 Å². The molecule has 5 aromatic rings. The summed E-state index contributed by atoms with van der Waals surface area (Å²) >= 11 is 3.47. The lowest BCUT2D eigenvalue weighted by Crippen LogP contribution is -2.13. The largest absolute Gasteiger partial charge is 0.455 e. The van der Waals surface area contributed by atoms with Crippen molar-refractivity contribution in [3.63, 3.8) is 0 Å². The molecule has 4 aromatic carbocycles. The second kappa shape index (κ2) is 9.77. The van der Waals surface area contributed by atoms with Crippen molar-refractivity contribution in [3.05, 3.63) is 119 Å². The van der Waals surface area contributed by atoms with Gasteiger partial charge in [-0.05, 0) is 48.5 Å². The summed E-state index contributed by atoms with van der Waals surface area (Å²) in [5, 5.41) is 2.96. The zero-order valence-corrected chi connectivity index (χ0v) is 19.5. The van der Waals surface area contributed by atoms with E-state index in [1.807, 2.05) is 91.0 Å². The number of anilines is 1. The lowest BCUT2D eigenvalue weighted by molar-refractivity contribution is 0.102. The lowest BCUT2D eigenvalue weighted by Gasteiger charge is -2.13. The van der Waals surface area contributed by atoms with Gasteiger partial charge in [0.15, 0.2) is 11.5 Å². The number of para-hydroxylation sites is 3. The number of nitrogens with one attached hydrogen (secondary N) is 1. The highest BCUT2D eigenvalue weighted by molar-refractivity contribution is 9.10. The molecule has 1 heterocycles. The first-order valence-corrected chi connectivity index (χ1v) is 11.4. The molecule has 1 aromatic heterocycles. The number of hydrogen-bond donors (Lipinski definition) is 1. The Labute approximate surface area is 205 Å². The van der Waals surface area contributed by atoms with Gasteiger partial charge in [-0.2, -0.15) is 0 Å². The number of halogens is 1. The number of nitrogens with zero attached hydrogens (tertiary/aromatic N) is 1. The van der Waals surface area contributed by atoms with Gasteiger partial charge < -0.3 is 14.5 Å². The molecule has 34 heavy (non-hydrogen) atoms. The molecule has 0 aliphatic carbocycles. The third-order valence-electron chi connectivity index (χ3n) is 5.12. The monoisotopic (exact) mass is 510 g/mol. The topological polar surface area (TPSA) is 64.4 Å². The number of ether oxygens (including phenoxy) is 1. The Kier molecular flexibility index (Phi) is 6.23. The molecule has 0 aliphatic heterocycles. The van der Waals surface area contributed by atoms with Gasteiger partial charge in [0.2, 0.25) is 5.89 Å².